The molecule has 0 aromatic heterocycles. The topological polar surface area (TPSA) is 78.4 Å². The van der Waals surface area contributed by atoms with E-state index in [9.17, 15) is 14.7 Å². The van der Waals surface area contributed by atoms with Crippen molar-refractivity contribution < 1.29 is 14.7 Å². The van der Waals surface area contributed by atoms with E-state index in [1.165, 1.54) is 11.8 Å². The zero-order valence-corrected chi connectivity index (χ0v) is 14.0. The minimum Gasteiger partial charge on any atom is -0.387 e. The molecule has 0 saturated carbocycles. The van der Waals surface area contributed by atoms with E-state index in [1.54, 1.807) is 12.1 Å². The van der Waals surface area contributed by atoms with Crippen molar-refractivity contribution in [2.24, 2.45) is 0 Å². The average Bonchev–Trinajstić information content (AvgIpc) is 2.59. The Morgan fingerprint density at radius 1 is 1.29 bits per heavy atom. The molecular formula is C18H18N2O3S. The van der Waals surface area contributed by atoms with Crippen LogP contribution in [0, 0.1) is 6.92 Å². The van der Waals surface area contributed by atoms with Crippen molar-refractivity contribution in [1.82, 2.24) is 5.32 Å². The fourth-order valence-corrected chi connectivity index (χ4v) is 3.21. The first-order valence-corrected chi connectivity index (χ1v) is 8.61. The normalized spacial score (nSPS) is 14.5. The Morgan fingerprint density at radius 3 is 2.79 bits per heavy atom. The molecule has 1 atom stereocenters. The molecule has 124 valence electrons. The molecular weight excluding hydrogens is 324 g/mol. The number of hydrogen-bond donors (Lipinski definition) is 3. The number of nitrogens with one attached hydrogen (secondary N) is 2. The lowest BCUT2D eigenvalue weighted by Crippen LogP contribution is -2.28. The molecule has 24 heavy (non-hydrogen) atoms. The van der Waals surface area contributed by atoms with Gasteiger partial charge in [-0.3, -0.25) is 9.59 Å². The molecule has 0 saturated heterocycles. The van der Waals surface area contributed by atoms with Gasteiger partial charge in [0.25, 0.3) is 5.91 Å². The molecule has 2 aromatic carbocycles. The average molecular weight is 342 g/mol. The van der Waals surface area contributed by atoms with E-state index >= 15 is 0 Å². The summed E-state index contributed by atoms with van der Waals surface area (Å²) in [4.78, 5) is 24.6. The molecule has 3 N–H and O–H groups in total. The van der Waals surface area contributed by atoms with Gasteiger partial charge in [-0.2, -0.15) is 0 Å². The van der Waals surface area contributed by atoms with Crippen LogP contribution in [-0.2, 0) is 4.79 Å². The van der Waals surface area contributed by atoms with E-state index in [0.717, 1.165) is 16.0 Å². The number of anilines is 1. The maximum Gasteiger partial charge on any atom is 0.251 e. The third-order valence-corrected chi connectivity index (χ3v) is 4.87. The molecule has 2 aromatic rings. The van der Waals surface area contributed by atoms with Crippen molar-refractivity contribution in [2.45, 2.75) is 17.9 Å². The highest BCUT2D eigenvalue weighted by Gasteiger charge is 2.17. The summed E-state index contributed by atoms with van der Waals surface area (Å²) in [7, 11) is 0. The van der Waals surface area contributed by atoms with Crippen LogP contribution in [0.25, 0.3) is 0 Å². The summed E-state index contributed by atoms with van der Waals surface area (Å²) >= 11 is 1.45. The van der Waals surface area contributed by atoms with Crippen LogP contribution in [0.4, 0.5) is 5.69 Å². The van der Waals surface area contributed by atoms with Gasteiger partial charge in [0.1, 0.15) is 0 Å². The van der Waals surface area contributed by atoms with Gasteiger partial charge in [0.2, 0.25) is 5.91 Å². The molecule has 0 unspecified atom stereocenters. The van der Waals surface area contributed by atoms with Gasteiger partial charge in [-0.25, -0.2) is 0 Å². The number of fused-ring (bicyclic) bond motifs is 1. The number of carbonyl (C=O) groups is 2. The van der Waals surface area contributed by atoms with Crippen LogP contribution < -0.4 is 10.6 Å². The number of aliphatic hydroxyl groups excluding tert-OH is 1. The van der Waals surface area contributed by atoms with Crippen molar-refractivity contribution in [2.75, 3.05) is 17.6 Å². The molecule has 2 amide bonds. The molecule has 0 spiro atoms. The van der Waals surface area contributed by atoms with E-state index in [-0.39, 0.29) is 18.4 Å². The second kappa shape index (κ2) is 7.07. The lowest BCUT2D eigenvalue weighted by atomic mass is 10.1. The van der Waals surface area contributed by atoms with Crippen LogP contribution in [0.1, 0.15) is 27.6 Å². The lowest BCUT2D eigenvalue weighted by molar-refractivity contribution is -0.113. The molecule has 0 fully saturated rings. The van der Waals surface area contributed by atoms with Gasteiger partial charge in [0, 0.05) is 17.0 Å². The van der Waals surface area contributed by atoms with Gasteiger partial charge in [0.15, 0.2) is 0 Å². The summed E-state index contributed by atoms with van der Waals surface area (Å²) in [5, 5.41) is 15.6. The molecule has 5 nitrogen and oxygen atoms in total. The zero-order chi connectivity index (χ0) is 17.1. The van der Waals surface area contributed by atoms with Crippen LogP contribution in [0.5, 0.6) is 0 Å². The Balaban J connectivity index is 1.64. The van der Waals surface area contributed by atoms with E-state index in [1.807, 2.05) is 37.3 Å². The zero-order valence-electron chi connectivity index (χ0n) is 13.2. The van der Waals surface area contributed by atoms with Crippen LogP contribution in [0.3, 0.4) is 0 Å². The van der Waals surface area contributed by atoms with E-state index in [4.69, 9.17) is 0 Å². The molecule has 1 aliphatic heterocycles. The van der Waals surface area contributed by atoms with Gasteiger partial charge < -0.3 is 15.7 Å². The Morgan fingerprint density at radius 2 is 2.04 bits per heavy atom. The maximum atomic E-state index is 12.3. The standard InChI is InChI=1S/C18H18N2O3S/c1-11-2-4-12(5-3-11)15(21)9-19-18(23)13-6-7-16-14(8-13)20-17(22)10-24-16/h2-8,15,21H,9-10H2,1H3,(H,19,23)(H,20,22)/t15-/m0/s1. The summed E-state index contributed by atoms with van der Waals surface area (Å²) in [6.45, 7) is 2.10. The van der Waals surface area contributed by atoms with E-state index in [0.29, 0.717) is 17.0 Å². The van der Waals surface area contributed by atoms with Crippen LogP contribution in [0.15, 0.2) is 47.4 Å². The largest absolute Gasteiger partial charge is 0.387 e. The lowest BCUT2D eigenvalue weighted by Gasteiger charge is -2.17. The second-order valence-corrected chi connectivity index (χ2v) is 6.70. The van der Waals surface area contributed by atoms with Gasteiger partial charge in [-0.15, -0.1) is 11.8 Å². The first kappa shape index (κ1) is 16.5. The smallest absolute Gasteiger partial charge is 0.251 e. The fourth-order valence-electron chi connectivity index (χ4n) is 2.42. The number of aryl methyl sites for hydroxylation is 1. The number of aliphatic hydroxyl groups is 1. The van der Waals surface area contributed by atoms with Crippen LogP contribution in [0.2, 0.25) is 0 Å². The third-order valence-electron chi connectivity index (χ3n) is 3.79. The molecule has 0 aliphatic carbocycles. The summed E-state index contributed by atoms with van der Waals surface area (Å²) in [5.41, 5.74) is 2.98. The van der Waals surface area contributed by atoms with Crippen LogP contribution >= 0.6 is 11.8 Å². The number of hydrogen-bond acceptors (Lipinski definition) is 4. The molecule has 6 heteroatoms. The van der Waals surface area contributed by atoms with Crippen LogP contribution in [-0.4, -0.2) is 29.2 Å². The predicted octanol–water partition coefficient (Wildman–Crippen LogP) is 2.50. The summed E-state index contributed by atoms with van der Waals surface area (Å²) in [6.07, 6.45) is -0.762. The molecule has 0 radical (unpaired) electrons. The Labute approximate surface area is 144 Å². The van der Waals surface area contributed by atoms with Crippen molar-refractivity contribution in [3.63, 3.8) is 0 Å². The minimum absolute atomic E-state index is 0.0696. The summed E-state index contributed by atoms with van der Waals surface area (Å²) in [6, 6.07) is 12.7. The molecule has 1 heterocycles. The molecule has 1 aliphatic rings. The maximum absolute atomic E-state index is 12.3. The highest BCUT2D eigenvalue weighted by molar-refractivity contribution is 8.00. The third kappa shape index (κ3) is 3.77. The van der Waals surface area contributed by atoms with Crippen molar-refractivity contribution in [1.29, 1.82) is 0 Å². The first-order chi connectivity index (χ1) is 11.5. The SMILES string of the molecule is Cc1ccc([C@@H](O)CNC(=O)c2ccc3c(c2)NC(=O)CS3)cc1. The number of benzene rings is 2. The molecule has 3 rings (SSSR count). The van der Waals surface area contributed by atoms with Gasteiger partial charge >= 0.3 is 0 Å². The van der Waals surface area contributed by atoms with Crippen molar-refractivity contribution in [3.05, 3.63) is 59.2 Å². The van der Waals surface area contributed by atoms with Crippen molar-refractivity contribution in [3.8, 4) is 0 Å². The Hall–Kier alpha value is -2.31. The Bertz CT molecular complexity index is 774. The van der Waals surface area contributed by atoms with E-state index < -0.39 is 6.10 Å². The van der Waals surface area contributed by atoms with Gasteiger partial charge in [-0.1, -0.05) is 29.8 Å². The highest BCUT2D eigenvalue weighted by atomic mass is 32.2. The fraction of sp³-hybridized carbons (Fsp3) is 0.222. The monoisotopic (exact) mass is 342 g/mol. The van der Waals surface area contributed by atoms with E-state index in [2.05, 4.69) is 10.6 Å². The number of amides is 2. The Kier molecular flexibility index (Phi) is 4.87. The van der Waals surface area contributed by atoms with Crippen molar-refractivity contribution >= 4 is 29.3 Å². The number of rotatable bonds is 4. The number of thioether (sulfide) groups is 1. The second-order valence-electron chi connectivity index (χ2n) is 5.68. The highest BCUT2D eigenvalue weighted by Crippen LogP contribution is 2.31. The minimum atomic E-state index is -0.762. The first-order valence-electron chi connectivity index (χ1n) is 7.62. The quantitative estimate of drug-likeness (QED) is 0.798. The van der Waals surface area contributed by atoms with Gasteiger partial charge in [0.05, 0.1) is 17.5 Å². The predicted molar refractivity (Wildman–Crippen MR) is 94.3 cm³/mol. The van der Waals surface area contributed by atoms with Gasteiger partial charge in [-0.05, 0) is 30.7 Å². The summed E-state index contributed by atoms with van der Waals surface area (Å²) < 4.78 is 0. The summed E-state index contributed by atoms with van der Waals surface area (Å²) in [5.74, 6) is 0.0370. The molecule has 0 bridgehead atoms. The number of carbonyl (C=O) groups excluding carboxylic acids is 2.